The fourth-order valence-corrected chi connectivity index (χ4v) is 1.60. The molecular formula is C9H15N. The zero-order chi connectivity index (χ0) is 7.40. The SMILES string of the molecule is C#CC1CCCC(NC)C1. The van der Waals surface area contributed by atoms with Gasteiger partial charge in [-0.25, -0.2) is 0 Å². The van der Waals surface area contributed by atoms with Gasteiger partial charge in [-0.3, -0.25) is 0 Å². The minimum atomic E-state index is 0.534. The van der Waals surface area contributed by atoms with Gasteiger partial charge >= 0.3 is 0 Å². The van der Waals surface area contributed by atoms with Gasteiger partial charge in [0.2, 0.25) is 0 Å². The molecule has 1 saturated carbocycles. The van der Waals surface area contributed by atoms with Crippen LogP contribution in [0.2, 0.25) is 0 Å². The molecule has 0 aliphatic heterocycles. The molecule has 0 bridgehead atoms. The normalized spacial score (nSPS) is 33.2. The van der Waals surface area contributed by atoms with E-state index in [4.69, 9.17) is 6.42 Å². The second kappa shape index (κ2) is 3.63. The summed E-state index contributed by atoms with van der Waals surface area (Å²) in [7, 11) is 2.02. The molecule has 1 N–H and O–H groups in total. The van der Waals surface area contributed by atoms with Crippen LogP contribution in [0.3, 0.4) is 0 Å². The summed E-state index contributed by atoms with van der Waals surface area (Å²) < 4.78 is 0. The summed E-state index contributed by atoms with van der Waals surface area (Å²) in [4.78, 5) is 0. The maximum absolute atomic E-state index is 5.34. The predicted octanol–water partition coefficient (Wildman–Crippen LogP) is 1.40. The van der Waals surface area contributed by atoms with Crippen LogP contribution in [0.1, 0.15) is 25.7 Å². The molecule has 1 heteroatoms. The van der Waals surface area contributed by atoms with Crippen LogP contribution in [-0.2, 0) is 0 Å². The van der Waals surface area contributed by atoms with Crippen LogP contribution in [0.25, 0.3) is 0 Å². The van der Waals surface area contributed by atoms with Crippen molar-refractivity contribution >= 4 is 0 Å². The average Bonchev–Trinajstić information content (AvgIpc) is 2.05. The van der Waals surface area contributed by atoms with Gasteiger partial charge < -0.3 is 5.32 Å². The summed E-state index contributed by atoms with van der Waals surface area (Å²) in [6.07, 6.45) is 10.3. The van der Waals surface area contributed by atoms with Crippen molar-refractivity contribution in [1.82, 2.24) is 5.32 Å². The molecule has 0 heterocycles. The lowest BCUT2D eigenvalue weighted by atomic mass is 9.86. The third-order valence-electron chi connectivity index (χ3n) is 2.32. The lowest BCUT2D eigenvalue weighted by Gasteiger charge is -2.25. The number of nitrogens with one attached hydrogen (secondary N) is 1. The third-order valence-corrected chi connectivity index (χ3v) is 2.32. The fraction of sp³-hybridized carbons (Fsp3) is 0.778. The Hall–Kier alpha value is -0.480. The van der Waals surface area contributed by atoms with E-state index in [9.17, 15) is 0 Å². The second-order valence-corrected chi connectivity index (χ2v) is 3.02. The van der Waals surface area contributed by atoms with Gasteiger partial charge in [-0.2, -0.15) is 0 Å². The highest BCUT2D eigenvalue weighted by atomic mass is 14.9. The van der Waals surface area contributed by atoms with Crippen molar-refractivity contribution in [2.75, 3.05) is 7.05 Å². The van der Waals surface area contributed by atoms with Crippen LogP contribution in [0.4, 0.5) is 0 Å². The van der Waals surface area contributed by atoms with Crippen LogP contribution in [0.5, 0.6) is 0 Å². The minimum absolute atomic E-state index is 0.534. The topological polar surface area (TPSA) is 12.0 Å². The van der Waals surface area contributed by atoms with E-state index in [0.717, 1.165) is 0 Å². The molecule has 1 rings (SSSR count). The quantitative estimate of drug-likeness (QED) is 0.539. The van der Waals surface area contributed by atoms with Gasteiger partial charge in [-0.05, 0) is 26.3 Å². The molecule has 10 heavy (non-hydrogen) atoms. The molecular weight excluding hydrogens is 122 g/mol. The summed E-state index contributed by atoms with van der Waals surface area (Å²) in [6.45, 7) is 0. The number of hydrogen-bond acceptors (Lipinski definition) is 1. The number of hydrogen-bond donors (Lipinski definition) is 1. The first-order valence-corrected chi connectivity index (χ1v) is 4.00. The monoisotopic (exact) mass is 137 g/mol. The molecule has 0 aromatic rings. The highest BCUT2D eigenvalue weighted by Gasteiger charge is 2.18. The van der Waals surface area contributed by atoms with Gasteiger partial charge in [0.05, 0.1) is 0 Å². The Morgan fingerprint density at radius 2 is 2.30 bits per heavy atom. The van der Waals surface area contributed by atoms with E-state index >= 15 is 0 Å². The maximum Gasteiger partial charge on any atom is 0.0215 e. The third kappa shape index (κ3) is 1.75. The number of terminal acetylenes is 1. The van der Waals surface area contributed by atoms with Crippen molar-refractivity contribution in [3.05, 3.63) is 0 Å². The van der Waals surface area contributed by atoms with Crippen LogP contribution in [0, 0.1) is 18.3 Å². The highest BCUT2D eigenvalue weighted by Crippen LogP contribution is 2.22. The van der Waals surface area contributed by atoms with Crippen molar-refractivity contribution in [3.63, 3.8) is 0 Å². The summed E-state index contributed by atoms with van der Waals surface area (Å²) >= 11 is 0. The van der Waals surface area contributed by atoms with Crippen LogP contribution in [0.15, 0.2) is 0 Å². The van der Waals surface area contributed by atoms with Crippen molar-refractivity contribution < 1.29 is 0 Å². The minimum Gasteiger partial charge on any atom is -0.317 e. The first kappa shape index (κ1) is 7.63. The lowest BCUT2D eigenvalue weighted by Crippen LogP contribution is -2.30. The van der Waals surface area contributed by atoms with Crippen LogP contribution >= 0.6 is 0 Å². The van der Waals surface area contributed by atoms with Gasteiger partial charge in [-0.15, -0.1) is 12.3 Å². The Morgan fingerprint density at radius 1 is 1.50 bits per heavy atom. The Bertz CT molecular complexity index is 134. The molecule has 1 aliphatic carbocycles. The second-order valence-electron chi connectivity index (χ2n) is 3.02. The molecule has 0 spiro atoms. The first-order valence-electron chi connectivity index (χ1n) is 4.00. The van der Waals surface area contributed by atoms with E-state index < -0.39 is 0 Å². The highest BCUT2D eigenvalue weighted by molar-refractivity contribution is 4.96. The smallest absolute Gasteiger partial charge is 0.0215 e. The Morgan fingerprint density at radius 3 is 2.90 bits per heavy atom. The van der Waals surface area contributed by atoms with Gasteiger partial charge in [-0.1, -0.05) is 6.42 Å². The predicted molar refractivity (Wildman–Crippen MR) is 43.6 cm³/mol. The van der Waals surface area contributed by atoms with Gasteiger partial charge in [0.15, 0.2) is 0 Å². The largest absolute Gasteiger partial charge is 0.317 e. The molecule has 0 aromatic heterocycles. The fourth-order valence-electron chi connectivity index (χ4n) is 1.60. The Labute approximate surface area is 63.2 Å². The standard InChI is InChI=1S/C9H15N/c1-3-8-5-4-6-9(7-8)10-2/h1,8-10H,4-7H2,2H3. The molecule has 0 radical (unpaired) electrons. The van der Waals surface area contributed by atoms with E-state index in [1.807, 2.05) is 7.05 Å². The zero-order valence-electron chi connectivity index (χ0n) is 6.56. The first-order chi connectivity index (χ1) is 4.86. The van der Waals surface area contributed by atoms with Crippen LogP contribution in [-0.4, -0.2) is 13.1 Å². The Balaban J connectivity index is 2.33. The van der Waals surface area contributed by atoms with Crippen molar-refractivity contribution in [2.45, 2.75) is 31.7 Å². The molecule has 0 saturated heterocycles. The molecule has 0 amide bonds. The van der Waals surface area contributed by atoms with Gasteiger partial charge in [0.1, 0.15) is 0 Å². The zero-order valence-corrected chi connectivity index (χ0v) is 6.56. The molecule has 2 unspecified atom stereocenters. The molecule has 56 valence electrons. The molecule has 2 atom stereocenters. The summed E-state index contributed by atoms with van der Waals surface area (Å²) in [5.41, 5.74) is 0. The van der Waals surface area contributed by atoms with E-state index in [1.165, 1.54) is 25.7 Å². The molecule has 1 nitrogen and oxygen atoms in total. The molecule has 0 aromatic carbocycles. The van der Waals surface area contributed by atoms with Crippen molar-refractivity contribution in [3.8, 4) is 12.3 Å². The summed E-state index contributed by atoms with van der Waals surface area (Å²) in [6, 6.07) is 0.676. The maximum atomic E-state index is 5.34. The van der Waals surface area contributed by atoms with Crippen molar-refractivity contribution in [2.24, 2.45) is 5.92 Å². The molecule has 1 fully saturated rings. The Kier molecular flexibility index (Phi) is 2.77. The van der Waals surface area contributed by atoms with E-state index in [2.05, 4.69) is 11.2 Å². The van der Waals surface area contributed by atoms with Crippen LogP contribution < -0.4 is 5.32 Å². The lowest BCUT2D eigenvalue weighted by molar-refractivity contribution is 0.345. The van der Waals surface area contributed by atoms with Gasteiger partial charge in [0, 0.05) is 12.0 Å². The van der Waals surface area contributed by atoms with Crippen molar-refractivity contribution in [1.29, 1.82) is 0 Å². The van der Waals surface area contributed by atoms with E-state index in [1.54, 1.807) is 0 Å². The van der Waals surface area contributed by atoms with Gasteiger partial charge in [0.25, 0.3) is 0 Å². The van der Waals surface area contributed by atoms with E-state index in [-0.39, 0.29) is 0 Å². The molecule has 1 aliphatic rings. The number of rotatable bonds is 1. The average molecular weight is 137 g/mol. The van der Waals surface area contributed by atoms with E-state index in [0.29, 0.717) is 12.0 Å². The summed E-state index contributed by atoms with van der Waals surface area (Å²) in [5.74, 6) is 3.36. The summed E-state index contributed by atoms with van der Waals surface area (Å²) in [5, 5.41) is 3.27.